The average molecular weight is 751 g/mol. The fraction of sp³-hybridized carbons (Fsp3) is 0. The highest BCUT2D eigenvalue weighted by Crippen LogP contribution is 2.45. The highest BCUT2D eigenvalue weighted by molar-refractivity contribution is 6.20. The van der Waals surface area contributed by atoms with E-state index in [1.807, 2.05) is 0 Å². The van der Waals surface area contributed by atoms with E-state index < -0.39 is 0 Å². The van der Waals surface area contributed by atoms with Crippen LogP contribution in [0.25, 0.3) is 121 Å². The minimum absolute atomic E-state index is 0.883. The molecule has 3 aromatic heterocycles. The number of rotatable bonds is 4. The number of fused-ring (bicyclic) bond motifs is 11. The van der Waals surface area contributed by atoms with Crippen LogP contribution in [0.15, 0.2) is 211 Å². The molecule has 3 heteroatoms. The van der Waals surface area contributed by atoms with Crippen molar-refractivity contribution in [3.63, 3.8) is 0 Å². The van der Waals surface area contributed by atoms with E-state index >= 15 is 0 Å². The van der Waals surface area contributed by atoms with Crippen LogP contribution in [0.4, 0.5) is 0 Å². The van der Waals surface area contributed by atoms with Gasteiger partial charge in [0.1, 0.15) is 11.2 Å². The predicted octanol–water partition coefficient (Wildman–Crippen LogP) is 15.4. The van der Waals surface area contributed by atoms with Crippen molar-refractivity contribution in [3.05, 3.63) is 206 Å². The fourth-order valence-corrected chi connectivity index (χ4v) is 9.82. The van der Waals surface area contributed by atoms with Gasteiger partial charge in [0.2, 0.25) is 0 Å². The summed E-state index contributed by atoms with van der Waals surface area (Å²) in [5.74, 6) is 0. The van der Waals surface area contributed by atoms with Gasteiger partial charge in [0.15, 0.2) is 0 Å². The van der Waals surface area contributed by atoms with E-state index in [0.717, 1.165) is 55.6 Å². The molecule has 0 N–H and O–H groups in total. The van der Waals surface area contributed by atoms with Crippen LogP contribution in [0.1, 0.15) is 0 Å². The van der Waals surface area contributed by atoms with Gasteiger partial charge in [0, 0.05) is 43.7 Å². The van der Waals surface area contributed by atoms with Crippen LogP contribution < -0.4 is 0 Å². The van der Waals surface area contributed by atoms with Crippen molar-refractivity contribution in [1.82, 2.24) is 9.13 Å². The van der Waals surface area contributed by atoms with Crippen molar-refractivity contribution in [2.75, 3.05) is 0 Å². The molecule has 0 bridgehead atoms. The Bertz CT molecular complexity index is 3830. The summed E-state index contributed by atoms with van der Waals surface area (Å²) in [6.07, 6.45) is 0. The number of hydrogen-bond donors (Lipinski definition) is 0. The maximum atomic E-state index is 6.82. The molecule has 0 unspecified atom stereocenters. The van der Waals surface area contributed by atoms with Crippen LogP contribution in [0.3, 0.4) is 0 Å². The first-order valence-electron chi connectivity index (χ1n) is 20.2. The molecule has 0 radical (unpaired) electrons. The molecule has 0 aliphatic carbocycles. The van der Waals surface area contributed by atoms with Crippen LogP contribution >= 0.6 is 0 Å². The molecule has 0 aliphatic heterocycles. The number of para-hydroxylation sites is 3. The summed E-state index contributed by atoms with van der Waals surface area (Å²) in [5, 5.41) is 12.0. The van der Waals surface area contributed by atoms with Crippen LogP contribution in [0, 0.1) is 0 Å². The molecule has 0 atom stereocenters. The second-order valence-corrected chi connectivity index (χ2v) is 15.7. The van der Waals surface area contributed by atoms with Gasteiger partial charge < -0.3 is 13.6 Å². The maximum absolute atomic E-state index is 6.82. The first-order valence-corrected chi connectivity index (χ1v) is 20.2. The van der Waals surface area contributed by atoms with E-state index in [9.17, 15) is 0 Å². The third-order valence-corrected chi connectivity index (χ3v) is 12.4. The number of benzene rings is 10. The van der Waals surface area contributed by atoms with Gasteiger partial charge in [0.25, 0.3) is 0 Å². The van der Waals surface area contributed by atoms with Gasteiger partial charge in [-0.15, -0.1) is 0 Å². The van der Waals surface area contributed by atoms with E-state index in [2.05, 4.69) is 215 Å². The van der Waals surface area contributed by atoms with Crippen LogP contribution in [0.2, 0.25) is 0 Å². The molecule has 0 fully saturated rings. The van der Waals surface area contributed by atoms with Crippen LogP contribution in [0.5, 0.6) is 0 Å². The quantitative estimate of drug-likeness (QED) is 0.176. The lowest BCUT2D eigenvalue weighted by atomic mass is 9.91. The summed E-state index contributed by atoms with van der Waals surface area (Å²) in [6.45, 7) is 0. The van der Waals surface area contributed by atoms with Crippen molar-refractivity contribution in [3.8, 4) is 33.6 Å². The monoisotopic (exact) mass is 750 g/mol. The highest BCUT2D eigenvalue weighted by Gasteiger charge is 2.21. The molecule has 0 spiro atoms. The fourth-order valence-electron chi connectivity index (χ4n) is 9.82. The zero-order valence-corrected chi connectivity index (χ0v) is 31.9. The zero-order valence-electron chi connectivity index (χ0n) is 31.9. The lowest BCUT2D eigenvalue weighted by Crippen LogP contribution is -1.97. The summed E-state index contributed by atoms with van der Waals surface area (Å²) >= 11 is 0. The van der Waals surface area contributed by atoms with Crippen molar-refractivity contribution in [2.24, 2.45) is 0 Å². The third kappa shape index (κ3) is 4.76. The molecular weight excluding hydrogens is 717 g/mol. The molecule has 13 aromatic rings. The molecule has 3 heterocycles. The molecule has 0 saturated heterocycles. The Morgan fingerprint density at radius 2 is 0.864 bits per heavy atom. The molecule has 0 saturated carbocycles. The minimum Gasteiger partial charge on any atom is -0.456 e. The normalized spacial score (nSPS) is 12.1. The van der Waals surface area contributed by atoms with E-state index in [4.69, 9.17) is 4.42 Å². The van der Waals surface area contributed by atoms with Crippen molar-refractivity contribution >= 4 is 87.1 Å². The summed E-state index contributed by atoms with van der Waals surface area (Å²) < 4.78 is 11.7. The van der Waals surface area contributed by atoms with Gasteiger partial charge in [-0.25, -0.2) is 0 Å². The Hall–Kier alpha value is -7.88. The van der Waals surface area contributed by atoms with E-state index in [1.165, 1.54) is 65.2 Å². The summed E-state index contributed by atoms with van der Waals surface area (Å²) in [5.41, 5.74) is 13.4. The lowest BCUT2D eigenvalue weighted by molar-refractivity contribution is 0.669. The lowest BCUT2D eigenvalue weighted by Gasteiger charge is -2.15. The Labute approximate surface area is 339 Å². The van der Waals surface area contributed by atoms with Gasteiger partial charge >= 0.3 is 0 Å². The zero-order chi connectivity index (χ0) is 38.6. The van der Waals surface area contributed by atoms with Gasteiger partial charge in [-0.05, 0) is 117 Å². The number of hydrogen-bond acceptors (Lipinski definition) is 1. The Balaban J connectivity index is 1.12. The summed E-state index contributed by atoms with van der Waals surface area (Å²) in [4.78, 5) is 0. The Morgan fingerprint density at radius 3 is 1.58 bits per heavy atom. The van der Waals surface area contributed by atoms with Gasteiger partial charge in [-0.3, -0.25) is 0 Å². The molecule has 10 aromatic carbocycles. The summed E-state index contributed by atoms with van der Waals surface area (Å²) in [6, 6.07) is 75.1. The molecule has 13 rings (SSSR count). The van der Waals surface area contributed by atoms with Crippen molar-refractivity contribution in [1.29, 1.82) is 0 Å². The Kier molecular flexibility index (Phi) is 6.72. The molecule has 0 aliphatic rings. The molecule has 0 amide bonds. The number of furan rings is 1. The van der Waals surface area contributed by atoms with Crippen molar-refractivity contribution in [2.45, 2.75) is 0 Å². The molecular formula is C56H34N2O. The van der Waals surface area contributed by atoms with Crippen LogP contribution in [-0.4, -0.2) is 9.13 Å². The first kappa shape index (κ1) is 32.2. The predicted molar refractivity (Wildman–Crippen MR) is 248 cm³/mol. The van der Waals surface area contributed by atoms with Crippen LogP contribution in [-0.2, 0) is 0 Å². The SMILES string of the molecule is c1ccc(-c2cc(-c3cc(-n4c5ccccc5c5cc6c7ccccc7n(-c7ccccc7)c6cc54)cc4ccccc34)cc3oc4cc5ccccc5cc4c23)cc1. The van der Waals surface area contributed by atoms with Gasteiger partial charge in [0.05, 0.1) is 22.1 Å². The average Bonchev–Trinajstić information content (AvgIpc) is 3.94. The second-order valence-electron chi connectivity index (χ2n) is 15.7. The van der Waals surface area contributed by atoms with E-state index in [1.54, 1.807) is 0 Å². The van der Waals surface area contributed by atoms with E-state index in [-0.39, 0.29) is 0 Å². The third-order valence-electron chi connectivity index (χ3n) is 12.4. The topological polar surface area (TPSA) is 23.0 Å². The van der Waals surface area contributed by atoms with Gasteiger partial charge in [-0.2, -0.15) is 0 Å². The van der Waals surface area contributed by atoms with E-state index in [0.29, 0.717) is 0 Å². The Morgan fingerprint density at radius 1 is 0.288 bits per heavy atom. The minimum atomic E-state index is 0.883. The van der Waals surface area contributed by atoms with Gasteiger partial charge in [-0.1, -0.05) is 133 Å². The smallest absolute Gasteiger partial charge is 0.136 e. The molecule has 3 nitrogen and oxygen atoms in total. The summed E-state index contributed by atoms with van der Waals surface area (Å²) in [7, 11) is 0. The largest absolute Gasteiger partial charge is 0.456 e. The molecule has 59 heavy (non-hydrogen) atoms. The second kappa shape index (κ2) is 12.3. The number of aromatic nitrogens is 2. The standard InChI is InChI=1S/C56H34N2O/c1-3-15-35(16-4-1)46-29-39(31-55-56(46)49-28-36-17-7-8-18-37(36)30-54(49)59-55)45-32-41(27-38-19-9-10-22-42(38)45)58-51-26-14-12-24-44(51)48-33-47-43-23-11-13-25-50(43)57(52(47)34-53(48)58)40-20-5-2-6-21-40/h1-34H. The highest BCUT2D eigenvalue weighted by atomic mass is 16.3. The first-order chi connectivity index (χ1) is 29.2. The molecule has 274 valence electrons. The maximum Gasteiger partial charge on any atom is 0.136 e. The number of nitrogens with zero attached hydrogens (tertiary/aromatic N) is 2. The van der Waals surface area contributed by atoms with Crippen molar-refractivity contribution < 1.29 is 4.42 Å².